The van der Waals surface area contributed by atoms with Crippen molar-refractivity contribution in [2.45, 2.75) is 150 Å². The first-order valence-electron chi connectivity index (χ1n) is 25.1. The minimum atomic E-state index is -0.994. The van der Waals surface area contributed by atoms with Crippen LogP contribution in [-0.4, -0.2) is 66.5 Å². The number of nitrogens with one attached hydrogen (secondary N) is 4. The van der Waals surface area contributed by atoms with Gasteiger partial charge < -0.3 is 35.5 Å². The second-order valence-corrected chi connectivity index (χ2v) is 20.9. The minimum absolute atomic E-state index is 0.0177. The van der Waals surface area contributed by atoms with Gasteiger partial charge in [0.05, 0.1) is 17.6 Å². The van der Waals surface area contributed by atoms with Crippen molar-refractivity contribution in [1.29, 1.82) is 0 Å². The second-order valence-electron chi connectivity index (χ2n) is 20.9. The molecule has 68 heavy (non-hydrogen) atoms. The van der Waals surface area contributed by atoms with Crippen LogP contribution in [0.3, 0.4) is 0 Å². The van der Waals surface area contributed by atoms with Crippen LogP contribution in [-0.2, 0) is 35.3 Å². The van der Waals surface area contributed by atoms with Gasteiger partial charge in [-0.05, 0) is 141 Å². The number of amides is 4. The van der Waals surface area contributed by atoms with E-state index in [0.29, 0.717) is 36.2 Å². The van der Waals surface area contributed by atoms with Crippen molar-refractivity contribution < 1.29 is 43.1 Å². The Morgan fingerprint density at radius 3 is 2.28 bits per heavy atom. The monoisotopic (exact) mass is 942 g/mol. The number of allylic oxidation sites excluding steroid dienone is 1. The fourth-order valence-electron chi connectivity index (χ4n) is 12.2. The van der Waals surface area contributed by atoms with Crippen LogP contribution in [0.1, 0.15) is 137 Å². The van der Waals surface area contributed by atoms with Crippen LogP contribution in [0, 0.1) is 56.5 Å². The van der Waals surface area contributed by atoms with Gasteiger partial charge in [0.1, 0.15) is 18.4 Å². The van der Waals surface area contributed by atoms with E-state index >= 15 is 0 Å². The fraction of sp³-hybridized carbons (Fsp3) is 0.642. The van der Waals surface area contributed by atoms with Crippen LogP contribution in [0.15, 0.2) is 60.2 Å². The predicted octanol–water partition coefficient (Wildman–Crippen LogP) is 9.58. The summed E-state index contributed by atoms with van der Waals surface area (Å²) in [4.78, 5) is 72.4. The van der Waals surface area contributed by atoms with E-state index in [4.69, 9.17) is 14.2 Å². The molecule has 2 aromatic carbocycles. The number of rotatable bonds is 22. The van der Waals surface area contributed by atoms with Gasteiger partial charge in [-0.25, -0.2) is 4.79 Å². The van der Waals surface area contributed by atoms with Gasteiger partial charge in [0.25, 0.3) is 5.69 Å². The van der Waals surface area contributed by atoms with Crippen LogP contribution < -0.4 is 26.0 Å². The van der Waals surface area contributed by atoms with Crippen LogP contribution in [0.2, 0.25) is 0 Å². The first-order valence-corrected chi connectivity index (χ1v) is 25.1. The summed E-state index contributed by atoms with van der Waals surface area (Å²) in [6, 6.07) is 10.5. The molecule has 2 unspecified atom stereocenters. The molecule has 3 saturated carbocycles. The van der Waals surface area contributed by atoms with E-state index in [0.717, 1.165) is 48.3 Å². The summed E-state index contributed by atoms with van der Waals surface area (Å²) in [5.74, 6) is 3.27. The number of nitro groups is 1. The summed E-state index contributed by atoms with van der Waals surface area (Å²) >= 11 is 0. The number of non-ortho nitro benzene ring substituents is 1. The van der Waals surface area contributed by atoms with Gasteiger partial charge >= 0.3 is 6.16 Å². The average molecular weight is 942 g/mol. The number of nitrogens with zero attached hydrogens (tertiary/aromatic N) is 1. The molecule has 0 heterocycles. The number of hydrogen-bond acceptors (Lipinski definition) is 10. The van der Waals surface area contributed by atoms with Crippen molar-refractivity contribution in [2.75, 3.05) is 25.0 Å². The lowest BCUT2D eigenvalue weighted by Crippen LogP contribution is -2.51. The molecule has 4 N–H and O–H groups in total. The van der Waals surface area contributed by atoms with Gasteiger partial charge in [0.2, 0.25) is 23.6 Å². The van der Waals surface area contributed by atoms with Crippen molar-refractivity contribution >= 4 is 41.2 Å². The van der Waals surface area contributed by atoms with Gasteiger partial charge in [-0.3, -0.25) is 29.3 Å². The molecule has 3 fully saturated rings. The summed E-state index contributed by atoms with van der Waals surface area (Å²) in [6.45, 7) is 14.5. The molecule has 9 atom stereocenters. The Hall–Kier alpha value is -5.31. The van der Waals surface area contributed by atoms with Crippen molar-refractivity contribution in [2.24, 2.45) is 46.3 Å². The lowest BCUT2D eigenvalue weighted by atomic mass is 9.47. The predicted molar refractivity (Wildman–Crippen MR) is 259 cm³/mol. The Morgan fingerprint density at radius 1 is 0.824 bits per heavy atom. The van der Waals surface area contributed by atoms with Crippen molar-refractivity contribution in [3.8, 4) is 5.75 Å². The highest BCUT2D eigenvalue weighted by molar-refractivity contribution is 5.96. The Balaban J connectivity index is 0.803. The van der Waals surface area contributed by atoms with E-state index in [1.165, 1.54) is 89.0 Å². The molecule has 4 aliphatic rings. The third-order valence-corrected chi connectivity index (χ3v) is 15.9. The smallest absolute Gasteiger partial charge is 0.429 e. The molecule has 4 amide bonds. The SMILES string of the molecule is CC(C)CCCC(C)[C@H]1CC[C@H]2[C@@H]3CC=C4C[C@@H](OCCCNC(=O)CCC(=O)NC(C)C(=O)NCC(=O)Nc5ccc(COC(=O)Oc6ccc([N+](=O)[O-])cc6)cc5)CC[C@]4(C)[C@H]3CC[C@]12C. The number of hydrogen-bond donors (Lipinski definition) is 4. The summed E-state index contributed by atoms with van der Waals surface area (Å²) in [7, 11) is 0. The van der Waals surface area contributed by atoms with Gasteiger partial charge in [-0.2, -0.15) is 0 Å². The van der Waals surface area contributed by atoms with E-state index in [1.807, 2.05) is 0 Å². The zero-order valence-electron chi connectivity index (χ0n) is 41.1. The van der Waals surface area contributed by atoms with Crippen LogP contribution in [0.25, 0.3) is 0 Å². The summed E-state index contributed by atoms with van der Waals surface area (Å²) in [5.41, 5.74) is 3.29. The first kappa shape index (κ1) is 52.1. The summed E-state index contributed by atoms with van der Waals surface area (Å²) in [6.07, 6.45) is 16.6. The van der Waals surface area contributed by atoms with Crippen LogP contribution in [0.4, 0.5) is 16.2 Å². The number of carbonyl (C=O) groups excluding carboxylic acids is 5. The number of ether oxygens (including phenoxy) is 3. The van der Waals surface area contributed by atoms with E-state index in [-0.39, 0.29) is 54.9 Å². The fourth-order valence-corrected chi connectivity index (χ4v) is 12.2. The zero-order chi connectivity index (χ0) is 49.0. The highest BCUT2D eigenvalue weighted by Gasteiger charge is 2.59. The van der Waals surface area contributed by atoms with Gasteiger partial charge in [-0.15, -0.1) is 0 Å². The molecule has 6 rings (SSSR count). The molecule has 0 aromatic heterocycles. The molecule has 15 nitrogen and oxygen atoms in total. The van der Waals surface area contributed by atoms with E-state index < -0.39 is 34.8 Å². The summed E-state index contributed by atoms with van der Waals surface area (Å²) in [5, 5.41) is 21.4. The van der Waals surface area contributed by atoms with Gasteiger partial charge in [0, 0.05) is 43.8 Å². The van der Waals surface area contributed by atoms with Crippen LogP contribution in [0.5, 0.6) is 5.75 Å². The van der Waals surface area contributed by atoms with Gasteiger partial charge in [-0.1, -0.05) is 77.7 Å². The molecule has 372 valence electrons. The Labute approximate surface area is 402 Å². The van der Waals surface area contributed by atoms with Crippen molar-refractivity contribution in [3.63, 3.8) is 0 Å². The zero-order valence-corrected chi connectivity index (χ0v) is 41.1. The summed E-state index contributed by atoms with van der Waals surface area (Å²) < 4.78 is 16.5. The molecule has 0 bridgehead atoms. The quantitative estimate of drug-likeness (QED) is 0.0220. The molecular weight excluding hydrogens is 867 g/mol. The Bertz CT molecular complexity index is 2110. The largest absolute Gasteiger partial charge is 0.514 e. The molecule has 0 aliphatic heterocycles. The van der Waals surface area contributed by atoms with E-state index in [9.17, 15) is 34.1 Å². The number of fused-ring (bicyclic) bond motifs is 5. The molecule has 2 aromatic rings. The topological polar surface area (TPSA) is 204 Å². The second kappa shape index (κ2) is 23.8. The van der Waals surface area contributed by atoms with Gasteiger partial charge in [0.15, 0.2) is 0 Å². The highest BCUT2D eigenvalue weighted by Crippen LogP contribution is 2.67. The lowest BCUT2D eigenvalue weighted by Gasteiger charge is -2.58. The average Bonchev–Trinajstić information content (AvgIpc) is 3.67. The number of nitro benzene ring substituents is 1. The molecular formula is C53H75N5O10. The lowest BCUT2D eigenvalue weighted by molar-refractivity contribution is -0.384. The highest BCUT2D eigenvalue weighted by atomic mass is 16.7. The van der Waals surface area contributed by atoms with E-state index in [2.05, 4.69) is 62.0 Å². The molecule has 0 radical (unpaired) electrons. The Kier molecular flexibility index (Phi) is 18.2. The number of benzene rings is 2. The normalized spacial score (nSPS) is 25.9. The molecule has 4 aliphatic carbocycles. The maximum absolute atomic E-state index is 12.6. The Morgan fingerprint density at radius 2 is 1.56 bits per heavy atom. The van der Waals surface area contributed by atoms with Crippen molar-refractivity contribution in [3.05, 3.63) is 75.9 Å². The first-order chi connectivity index (χ1) is 32.4. The third kappa shape index (κ3) is 13.7. The van der Waals surface area contributed by atoms with Crippen LogP contribution >= 0.6 is 0 Å². The van der Waals surface area contributed by atoms with Crippen molar-refractivity contribution in [1.82, 2.24) is 16.0 Å². The molecule has 0 saturated heterocycles. The van der Waals surface area contributed by atoms with E-state index in [1.54, 1.807) is 29.8 Å². The number of carbonyl (C=O) groups is 5. The third-order valence-electron chi connectivity index (χ3n) is 15.9. The number of anilines is 1. The maximum Gasteiger partial charge on any atom is 0.514 e. The standard InChI is InChI=1S/C53H75N5O10/c1-34(2)9-7-10-35(3)44-21-22-45-43-20-13-38-31-42(25-27-52(38,5)46(43)26-28-53(44,45)6)66-30-8-29-54-47(59)23-24-48(60)56-36(4)50(62)55-32-49(61)57-39-14-11-37(12-15-39)33-67-51(63)68-41-18-16-40(17-19-41)58(64)65/h11-19,34-36,42-46H,7-10,20-33H2,1-6H3,(H,54,59)(H,55,62)(H,56,60)(H,57,61)/t35?,36?,42-,43-,44+,45-,46-,52-,53+/m0/s1. The molecule has 0 spiro atoms. The minimum Gasteiger partial charge on any atom is -0.429 e. The maximum atomic E-state index is 12.6. The molecule has 15 heteroatoms.